The Bertz CT molecular complexity index is 1420. The molecular formula is C30H32F5N3O5. The second-order valence-corrected chi connectivity index (χ2v) is 11.9. The molecule has 3 atom stereocenters. The number of hydrogen-bond donors (Lipinski definition) is 1. The smallest absolute Gasteiger partial charge is 0.416 e. The maximum Gasteiger partial charge on any atom is 0.416 e. The van der Waals surface area contributed by atoms with Crippen LogP contribution in [0.3, 0.4) is 0 Å². The number of carbonyl (C=O) groups is 2. The molecule has 6 rings (SSSR count). The van der Waals surface area contributed by atoms with E-state index in [2.05, 4.69) is 4.90 Å². The Labute approximate surface area is 244 Å². The number of rotatable bonds is 5. The Morgan fingerprint density at radius 3 is 2.44 bits per heavy atom. The molecule has 232 valence electrons. The molecule has 13 heteroatoms. The van der Waals surface area contributed by atoms with Gasteiger partial charge < -0.3 is 24.4 Å². The van der Waals surface area contributed by atoms with Crippen molar-refractivity contribution >= 4 is 17.6 Å². The topological polar surface area (TPSA) is 82.6 Å². The number of aromatic carboxylic acids is 1. The lowest BCUT2D eigenvalue weighted by Gasteiger charge is -2.48. The monoisotopic (exact) mass is 609 g/mol. The van der Waals surface area contributed by atoms with Gasteiger partial charge in [0.05, 0.1) is 24.3 Å². The zero-order valence-corrected chi connectivity index (χ0v) is 23.5. The zero-order valence-electron chi connectivity index (χ0n) is 23.5. The van der Waals surface area contributed by atoms with E-state index < -0.39 is 34.9 Å². The zero-order chi connectivity index (χ0) is 30.7. The van der Waals surface area contributed by atoms with Gasteiger partial charge in [0.2, 0.25) is 0 Å². The summed E-state index contributed by atoms with van der Waals surface area (Å²) in [7, 11) is 0. The van der Waals surface area contributed by atoms with Crippen molar-refractivity contribution in [3.05, 3.63) is 58.7 Å². The van der Waals surface area contributed by atoms with E-state index in [4.69, 9.17) is 9.47 Å². The molecular weight excluding hydrogens is 577 g/mol. The molecule has 0 bridgehead atoms. The normalized spacial score (nSPS) is 26.6. The van der Waals surface area contributed by atoms with Crippen molar-refractivity contribution in [1.29, 1.82) is 0 Å². The Hall–Kier alpha value is -3.45. The summed E-state index contributed by atoms with van der Waals surface area (Å²) in [6, 6.07) is 5.37. The van der Waals surface area contributed by atoms with Gasteiger partial charge in [-0.1, -0.05) is 0 Å². The molecule has 2 saturated heterocycles. The number of halogens is 5. The van der Waals surface area contributed by atoms with Crippen LogP contribution in [0.25, 0.3) is 0 Å². The molecule has 1 saturated carbocycles. The largest absolute Gasteiger partial charge is 0.478 e. The fourth-order valence-electron chi connectivity index (χ4n) is 6.73. The molecule has 8 nitrogen and oxygen atoms in total. The van der Waals surface area contributed by atoms with E-state index in [9.17, 15) is 36.6 Å². The van der Waals surface area contributed by atoms with Gasteiger partial charge in [-0.25, -0.2) is 13.6 Å². The molecule has 3 aliphatic heterocycles. The van der Waals surface area contributed by atoms with Crippen LogP contribution < -0.4 is 9.64 Å². The fraction of sp³-hybridized carbons (Fsp3) is 0.533. The molecule has 3 heterocycles. The minimum atomic E-state index is -4.73. The van der Waals surface area contributed by atoms with E-state index in [0.717, 1.165) is 18.9 Å². The highest BCUT2D eigenvalue weighted by molar-refractivity contribution is 5.89. The lowest BCUT2D eigenvalue weighted by Crippen LogP contribution is -2.61. The van der Waals surface area contributed by atoms with E-state index in [1.807, 2.05) is 11.8 Å². The molecule has 2 unspecified atom stereocenters. The summed E-state index contributed by atoms with van der Waals surface area (Å²) in [5.74, 6) is -3.83. The molecule has 1 N–H and O–H groups in total. The Morgan fingerprint density at radius 1 is 1.05 bits per heavy atom. The molecule has 2 aromatic rings. The van der Waals surface area contributed by atoms with Crippen molar-refractivity contribution in [2.75, 3.05) is 37.9 Å². The number of alkyl halides is 3. The number of fused-ring (bicyclic) bond motifs is 1. The van der Waals surface area contributed by atoms with Crippen molar-refractivity contribution in [3.8, 4) is 5.75 Å². The summed E-state index contributed by atoms with van der Waals surface area (Å²) in [6.07, 6.45) is -2.01. The lowest BCUT2D eigenvalue weighted by molar-refractivity contribution is -0.180. The molecule has 1 amide bonds. The van der Waals surface area contributed by atoms with Gasteiger partial charge in [0.25, 0.3) is 5.91 Å². The number of carbonyl (C=O) groups excluding carboxylic acids is 1. The summed E-state index contributed by atoms with van der Waals surface area (Å²) in [5, 5.41) is 9.30. The number of piperazine rings is 1. The van der Waals surface area contributed by atoms with E-state index >= 15 is 0 Å². The van der Waals surface area contributed by atoms with Gasteiger partial charge in [-0.05, 0) is 68.9 Å². The van der Waals surface area contributed by atoms with Crippen molar-refractivity contribution in [2.45, 2.75) is 63.0 Å². The van der Waals surface area contributed by atoms with Crippen LogP contribution in [-0.4, -0.2) is 77.4 Å². The highest BCUT2D eigenvalue weighted by Gasteiger charge is 2.56. The van der Waals surface area contributed by atoms with Crippen LogP contribution in [0.4, 0.5) is 27.6 Å². The van der Waals surface area contributed by atoms with Crippen molar-refractivity contribution in [2.24, 2.45) is 5.92 Å². The molecule has 0 radical (unpaired) electrons. The SMILES string of the molecule is CC1CN(C2CC[C@@](C(=O)N3COc4c(F)cc(C(F)(F)F)cc4C3)(C3CC3)OC2)CCN1c1ccc(F)c(C(=O)O)c1. The predicted molar refractivity (Wildman–Crippen MR) is 144 cm³/mol. The van der Waals surface area contributed by atoms with Gasteiger partial charge in [0.1, 0.15) is 11.4 Å². The highest BCUT2D eigenvalue weighted by Crippen LogP contribution is 2.49. The number of nitrogens with zero attached hydrogens (tertiary/aromatic N) is 3. The maximum absolute atomic E-state index is 14.4. The quantitative estimate of drug-likeness (QED) is 0.483. The number of anilines is 1. The first-order chi connectivity index (χ1) is 20.4. The Morgan fingerprint density at radius 2 is 1.81 bits per heavy atom. The number of ether oxygens (including phenoxy) is 2. The number of benzene rings is 2. The lowest BCUT2D eigenvalue weighted by atomic mass is 9.85. The summed E-state index contributed by atoms with van der Waals surface area (Å²) in [6.45, 7) is 3.74. The van der Waals surface area contributed by atoms with Crippen LogP contribution >= 0.6 is 0 Å². The third kappa shape index (κ3) is 5.52. The number of carboxylic acids is 1. The molecule has 0 spiro atoms. The van der Waals surface area contributed by atoms with Crippen LogP contribution in [0.1, 0.15) is 54.1 Å². The maximum atomic E-state index is 14.4. The first kappa shape index (κ1) is 29.6. The molecule has 4 aliphatic rings. The summed E-state index contributed by atoms with van der Waals surface area (Å²) in [4.78, 5) is 30.9. The fourth-order valence-corrected chi connectivity index (χ4v) is 6.73. The van der Waals surface area contributed by atoms with Gasteiger partial charge in [0.15, 0.2) is 18.3 Å². The van der Waals surface area contributed by atoms with Crippen molar-refractivity contribution in [3.63, 3.8) is 0 Å². The van der Waals surface area contributed by atoms with Crippen LogP contribution in [0.15, 0.2) is 30.3 Å². The second-order valence-electron chi connectivity index (χ2n) is 11.9. The van der Waals surface area contributed by atoms with Crippen molar-refractivity contribution < 1.29 is 46.1 Å². The first-order valence-electron chi connectivity index (χ1n) is 14.4. The number of hydrogen-bond acceptors (Lipinski definition) is 6. The van der Waals surface area contributed by atoms with E-state index in [0.29, 0.717) is 50.8 Å². The number of carboxylic acid groups (broad SMARTS) is 1. The standard InChI is InChI=1S/C30H32F5N3O5/c1-17-13-36(8-9-38(17)21-4-5-24(31)23(12-21)27(39)40)22-6-7-29(43-15-22,19-2-3-19)28(41)37-14-18-10-20(30(33,34)35)11-25(32)26(18)42-16-37/h4-5,10-12,17,19,22H,2-3,6-9,13-16H2,1H3,(H,39,40)/t17?,22?,29-/m0/s1. The molecule has 43 heavy (non-hydrogen) atoms. The molecule has 3 fully saturated rings. The Balaban J connectivity index is 1.11. The van der Waals surface area contributed by atoms with Crippen LogP contribution in [0.5, 0.6) is 5.75 Å². The molecule has 1 aliphatic carbocycles. The van der Waals surface area contributed by atoms with Crippen LogP contribution in [0, 0.1) is 17.6 Å². The third-order valence-electron chi connectivity index (χ3n) is 9.13. The third-order valence-corrected chi connectivity index (χ3v) is 9.13. The minimum absolute atomic E-state index is 0.00160. The average molecular weight is 610 g/mol. The summed E-state index contributed by atoms with van der Waals surface area (Å²) < 4.78 is 80.0. The summed E-state index contributed by atoms with van der Waals surface area (Å²) >= 11 is 0. The van der Waals surface area contributed by atoms with Gasteiger partial charge in [-0.3, -0.25) is 9.69 Å². The highest BCUT2D eigenvalue weighted by atomic mass is 19.4. The van der Waals surface area contributed by atoms with Crippen LogP contribution in [-0.2, 0) is 22.3 Å². The van der Waals surface area contributed by atoms with Crippen molar-refractivity contribution in [1.82, 2.24) is 9.80 Å². The second kappa shape index (κ2) is 10.9. The van der Waals surface area contributed by atoms with Gasteiger partial charge in [-0.15, -0.1) is 0 Å². The van der Waals surface area contributed by atoms with Gasteiger partial charge in [-0.2, -0.15) is 13.2 Å². The Kier molecular flexibility index (Phi) is 7.52. The van der Waals surface area contributed by atoms with Gasteiger partial charge in [0, 0.05) is 43.0 Å². The van der Waals surface area contributed by atoms with E-state index in [-0.39, 0.29) is 54.1 Å². The predicted octanol–water partition coefficient (Wildman–Crippen LogP) is 4.90. The van der Waals surface area contributed by atoms with E-state index in [1.54, 1.807) is 6.07 Å². The van der Waals surface area contributed by atoms with Crippen LogP contribution in [0.2, 0.25) is 0 Å². The average Bonchev–Trinajstić information content (AvgIpc) is 3.82. The van der Waals surface area contributed by atoms with Gasteiger partial charge >= 0.3 is 12.1 Å². The summed E-state index contributed by atoms with van der Waals surface area (Å²) in [5.41, 5.74) is -2.01. The first-order valence-corrected chi connectivity index (χ1v) is 14.4. The number of amides is 1. The minimum Gasteiger partial charge on any atom is -0.478 e. The van der Waals surface area contributed by atoms with E-state index in [1.165, 1.54) is 17.0 Å². The molecule has 2 aromatic carbocycles. The molecule has 0 aromatic heterocycles.